The van der Waals surface area contributed by atoms with E-state index in [1.54, 1.807) is 0 Å². The van der Waals surface area contributed by atoms with Gasteiger partial charge in [0.25, 0.3) is 0 Å². The lowest BCUT2D eigenvalue weighted by Crippen LogP contribution is -2.29. The third kappa shape index (κ3) is 4.75. The van der Waals surface area contributed by atoms with E-state index in [1.165, 1.54) is 0 Å². The highest BCUT2D eigenvalue weighted by molar-refractivity contribution is 5.72. The highest BCUT2D eigenvalue weighted by Gasteiger charge is 2.19. The van der Waals surface area contributed by atoms with Crippen molar-refractivity contribution >= 4 is 5.97 Å². The van der Waals surface area contributed by atoms with Gasteiger partial charge >= 0.3 is 5.97 Å². The van der Waals surface area contributed by atoms with Crippen molar-refractivity contribution in [3.63, 3.8) is 0 Å². The fourth-order valence-electron chi connectivity index (χ4n) is 1.62. The molecule has 18 heavy (non-hydrogen) atoms. The largest absolute Gasteiger partial charge is 0.494 e. The second-order valence-corrected chi connectivity index (χ2v) is 4.29. The molecule has 1 rings (SSSR count). The van der Waals surface area contributed by atoms with Crippen LogP contribution in [-0.2, 0) is 16.0 Å². The first-order valence-corrected chi connectivity index (χ1v) is 6.13. The van der Waals surface area contributed by atoms with Crippen LogP contribution in [0.4, 0.5) is 0 Å². The summed E-state index contributed by atoms with van der Waals surface area (Å²) in [7, 11) is 0. The summed E-state index contributed by atoms with van der Waals surface area (Å²) in [5.74, 6) is -0.143. The number of benzene rings is 1. The van der Waals surface area contributed by atoms with E-state index < -0.39 is 12.1 Å². The average Bonchev–Trinajstić information content (AvgIpc) is 2.30. The van der Waals surface area contributed by atoms with E-state index in [2.05, 4.69) is 0 Å². The molecule has 1 aromatic rings. The van der Waals surface area contributed by atoms with Gasteiger partial charge in [-0.05, 0) is 38.5 Å². The van der Waals surface area contributed by atoms with Crippen LogP contribution in [0.2, 0.25) is 0 Å². The number of rotatable bonds is 7. The molecular formula is C14H20O4. The first-order valence-electron chi connectivity index (χ1n) is 6.13. The summed E-state index contributed by atoms with van der Waals surface area (Å²) < 4.78 is 10.7. The van der Waals surface area contributed by atoms with Crippen molar-refractivity contribution < 1.29 is 19.4 Å². The predicted octanol–water partition coefficient (Wildman–Crippen LogP) is 2.51. The molecule has 0 aromatic heterocycles. The summed E-state index contributed by atoms with van der Waals surface area (Å²) in [6, 6.07) is 7.41. The van der Waals surface area contributed by atoms with E-state index >= 15 is 0 Å². The summed E-state index contributed by atoms with van der Waals surface area (Å²) in [5, 5.41) is 9.07. The van der Waals surface area contributed by atoms with Gasteiger partial charge in [-0.25, -0.2) is 4.79 Å². The number of aliphatic carboxylic acids is 1. The van der Waals surface area contributed by atoms with Crippen LogP contribution in [0.25, 0.3) is 0 Å². The lowest BCUT2D eigenvalue weighted by Gasteiger charge is -2.16. The Morgan fingerprint density at radius 1 is 1.28 bits per heavy atom. The third-order valence-electron chi connectivity index (χ3n) is 2.37. The molecular weight excluding hydrogens is 232 g/mol. The molecule has 0 heterocycles. The Kier molecular flexibility index (Phi) is 5.65. The predicted molar refractivity (Wildman–Crippen MR) is 69.0 cm³/mol. The minimum absolute atomic E-state index is 0.103. The quantitative estimate of drug-likeness (QED) is 0.810. The Balaban J connectivity index is 2.66. The molecule has 0 aliphatic carbocycles. The second-order valence-electron chi connectivity index (χ2n) is 4.29. The fourth-order valence-corrected chi connectivity index (χ4v) is 1.62. The van der Waals surface area contributed by atoms with E-state index in [9.17, 15) is 4.79 Å². The Morgan fingerprint density at radius 3 is 2.33 bits per heavy atom. The first-order chi connectivity index (χ1) is 8.52. The van der Waals surface area contributed by atoms with Gasteiger partial charge in [0.05, 0.1) is 12.7 Å². The molecule has 0 radical (unpaired) electrons. The Morgan fingerprint density at radius 2 is 1.89 bits per heavy atom. The summed E-state index contributed by atoms with van der Waals surface area (Å²) in [5.41, 5.74) is 0.923. The average molecular weight is 252 g/mol. The summed E-state index contributed by atoms with van der Waals surface area (Å²) in [4.78, 5) is 11.1. The Labute approximate surface area is 108 Å². The molecule has 0 saturated heterocycles. The minimum Gasteiger partial charge on any atom is -0.494 e. The molecule has 4 nitrogen and oxygen atoms in total. The van der Waals surface area contributed by atoms with Crippen LogP contribution in [0.5, 0.6) is 5.75 Å². The van der Waals surface area contributed by atoms with Gasteiger partial charge in [-0.2, -0.15) is 0 Å². The zero-order valence-electron chi connectivity index (χ0n) is 11.1. The molecule has 4 heteroatoms. The lowest BCUT2D eigenvalue weighted by molar-refractivity contribution is -0.153. The maximum Gasteiger partial charge on any atom is 0.333 e. The van der Waals surface area contributed by atoms with Gasteiger partial charge in [0, 0.05) is 6.42 Å². The molecule has 0 fully saturated rings. The smallest absolute Gasteiger partial charge is 0.333 e. The van der Waals surface area contributed by atoms with E-state index in [-0.39, 0.29) is 6.10 Å². The van der Waals surface area contributed by atoms with Crippen molar-refractivity contribution in [2.24, 2.45) is 0 Å². The van der Waals surface area contributed by atoms with Crippen molar-refractivity contribution in [1.29, 1.82) is 0 Å². The zero-order chi connectivity index (χ0) is 13.5. The maximum absolute atomic E-state index is 11.1. The SMILES string of the molecule is CCOc1ccc(C[C@@H](OC(C)C)C(=O)O)cc1. The molecule has 100 valence electrons. The summed E-state index contributed by atoms with van der Waals surface area (Å²) in [6.07, 6.45) is -0.545. The maximum atomic E-state index is 11.1. The van der Waals surface area contributed by atoms with Gasteiger partial charge in [-0.3, -0.25) is 0 Å². The summed E-state index contributed by atoms with van der Waals surface area (Å²) in [6.45, 7) is 6.20. The van der Waals surface area contributed by atoms with Crippen LogP contribution < -0.4 is 4.74 Å². The number of hydrogen-bond acceptors (Lipinski definition) is 3. The number of hydrogen-bond donors (Lipinski definition) is 1. The van der Waals surface area contributed by atoms with Gasteiger partial charge in [0.1, 0.15) is 5.75 Å². The monoisotopic (exact) mass is 252 g/mol. The molecule has 1 atom stereocenters. The topological polar surface area (TPSA) is 55.8 Å². The van der Waals surface area contributed by atoms with Crippen LogP contribution in [0.15, 0.2) is 24.3 Å². The molecule has 0 spiro atoms. The molecule has 0 bridgehead atoms. The third-order valence-corrected chi connectivity index (χ3v) is 2.37. The van der Waals surface area contributed by atoms with Crippen LogP contribution >= 0.6 is 0 Å². The first kappa shape index (κ1) is 14.5. The van der Waals surface area contributed by atoms with Gasteiger partial charge in [-0.15, -0.1) is 0 Å². The minimum atomic E-state index is -0.933. The second kappa shape index (κ2) is 7.01. The zero-order valence-corrected chi connectivity index (χ0v) is 11.1. The van der Waals surface area contributed by atoms with E-state index in [1.807, 2.05) is 45.0 Å². The fraction of sp³-hybridized carbons (Fsp3) is 0.500. The van der Waals surface area contributed by atoms with Crippen molar-refractivity contribution in [1.82, 2.24) is 0 Å². The molecule has 1 aromatic carbocycles. The van der Waals surface area contributed by atoms with Gasteiger partial charge in [-0.1, -0.05) is 12.1 Å². The van der Waals surface area contributed by atoms with E-state index in [0.717, 1.165) is 11.3 Å². The molecule has 0 amide bonds. The molecule has 0 saturated carbocycles. The Hall–Kier alpha value is -1.55. The standard InChI is InChI=1S/C14H20O4/c1-4-17-12-7-5-11(6-8-12)9-13(14(15)16)18-10(2)3/h5-8,10,13H,4,9H2,1-3H3,(H,15,16)/t13-/m1/s1. The molecule has 0 aliphatic rings. The van der Waals surface area contributed by atoms with Gasteiger partial charge < -0.3 is 14.6 Å². The highest BCUT2D eigenvalue weighted by atomic mass is 16.5. The molecule has 0 aliphatic heterocycles. The summed E-state index contributed by atoms with van der Waals surface area (Å²) >= 11 is 0. The van der Waals surface area contributed by atoms with Crippen LogP contribution in [0.1, 0.15) is 26.3 Å². The number of carboxylic acid groups (broad SMARTS) is 1. The van der Waals surface area contributed by atoms with Crippen molar-refractivity contribution in [3.05, 3.63) is 29.8 Å². The number of ether oxygens (including phenoxy) is 2. The van der Waals surface area contributed by atoms with E-state index in [4.69, 9.17) is 14.6 Å². The van der Waals surface area contributed by atoms with Crippen LogP contribution in [0.3, 0.4) is 0 Å². The van der Waals surface area contributed by atoms with Crippen LogP contribution in [-0.4, -0.2) is 29.9 Å². The lowest BCUT2D eigenvalue weighted by atomic mass is 10.1. The van der Waals surface area contributed by atoms with Gasteiger partial charge in [0.2, 0.25) is 0 Å². The number of carboxylic acids is 1. The van der Waals surface area contributed by atoms with Crippen LogP contribution in [0, 0.1) is 0 Å². The highest BCUT2D eigenvalue weighted by Crippen LogP contribution is 2.15. The molecule has 0 unspecified atom stereocenters. The van der Waals surface area contributed by atoms with Crippen molar-refractivity contribution in [3.8, 4) is 5.75 Å². The Bertz CT molecular complexity index is 370. The number of carbonyl (C=O) groups is 1. The van der Waals surface area contributed by atoms with E-state index in [0.29, 0.717) is 13.0 Å². The van der Waals surface area contributed by atoms with Gasteiger partial charge in [0.15, 0.2) is 6.10 Å². The van der Waals surface area contributed by atoms with Crippen molar-refractivity contribution in [2.45, 2.75) is 39.4 Å². The molecule has 1 N–H and O–H groups in total. The normalized spacial score (nSPS) is 12.4. The van der Waals surface area contributed by atoms with Crippen molar-refractivity contribution in [2.75, 3.05) is 6.61 Å².